The van der Waals surface area contributed by atoms with Crippen molar-refractivity contribution in [1.82, 2.24) is 13.7 Å². The third-order valence-corrected chi connectivity index (χ3v) is 25.3. The number of hydrogen-bond donors (Lipinski definition) is 0. The Bertz CT molecular complexity index is 6970. The second-order valence-electron chi connectivity index (χ2n) is 30.3. The molecule has 0 radical (unpaired) electrons. The lowest BCUT2D eigenvalue weighted by molar-refractivity contribution is 1.02. The van der Waals surface area contributed by atoms with Gasteiger partial charge in [-0.25, -0.2) is 0 Å². The van der Waals surface area contributed by atoms with Gasteiger partial charge in [-0.05, 0) is 224 Å². The van der Waals surface area contributed by atoms with Gasteiger partial charge >= 0.3 is 0 Å². The lowest BCUT2D eigenvalue weighted by Crippen LogP contribution is -2.10. The highest BCUT2D eigenvalue weighted by Gasteiger charge is 2.37. The second kappa shape index (κ2) is 40.8. The zero-order valence-corrected chi connectivity index (χ0v) is 80.2. The average molecular weight is 1660 g/mol. The predicted molar refractivity (Wildman–Crippen MR) is 556 cm³/mol. The summed E-state index contributed by atoms with van der Waals surface area (Å²) in [4.78, 5) is 0. The van der Waals surface area contributed by atoms with E-state index in [0.717, 1.165) is 57.8 Å². The molecule has 0 bridgehead atoms. The lowest BCUT2D eigenvalue weighted by atomic mass is 9.91. The van der Waals surface area contributed by atoms with E-state index in [1.54, 1.807) is 0 Å². The summed E-state index contributed by atoms with van der Waals surface area (Å²) in [5, 5.41) is 8.19. The molecule has 15 aromatic carbocycles. The van der Waals surface area contributed by atoms with Crippen molar-refractivity contribution >= 4 is 65.4 Å². The van der Waals surface area contributed by atoms with Crippen LogP contribution >= 0.6 is 0 Å². The highest BCUT2D eigenvalue weighted by atomic mass is 15.0. The largest absolute Gasteiger partial charge is 0.308 e. The molecule has 0 unspecified atom stereocenters. The molecule has 0 N–H and O–H groups in total. The van der Waals surface area contributed by atoms with Crippen molar-refractivity contribution in [3.05, 3.63) is 373 Å². The molecule has 0 spiro atoms. The number of nitrogens with zero attached hydrogens (tertiary/aromatic N) is 3. The van der Waals surface area contributed by atoms with E-state index in [1.807, 2.05) is 166 Å². The number of fused-ring (bicyclic) bond motifs is 37. The highest BCUT2D eigenvalue weighted by molar-refractivity contribution is 6.15. The molecular formula is C123H135N3. The van der Waals surface area contributed by atoms with Gasteiger partial charge in [0.15, 0.2) is 0 Å². The molecule has 0 saturated carbocycles. The van der Waals surface area contributed by atoms with Gasteiger partial charge in [-0.1, -0.05) is 403 Å². The molecule has 0 saturated heterocycles. The summed E-state index contributed by atoms with van der Waals surface area (Å²) in [5.74, 6) is 0. The summed E-state index contributed by atoms with van der Waals surface area (Å²) < 4.78 is 7.74. The Morgan fingerprint density at radius 2 is 0.421 bits per heavy atom. The van der Waals surface area contributed by atoms with Crippen molar-refractivity contribution in [2.75, 3.05) is 0 Å². The van der Waals surface area contributed by atoms with E-state index in [-0.39, 0.29) is 0 Å². The first kappa shape index (κ1) is 91.4. The van der Waals surface area contributed by atoms with Crippen molar-refractivity contribution in [2.45, 2.75) is 224 Å². The number of para-hydroxylation sites is 6. The Morgan fingerprint density at radius 1 is 0.151 bits per heavy atom. The summed E-state index contributed by atoms with van der Waals surface area (Å²) in [6, 6.07) is 103. The van der Waals surface area contributed by atoms with Crippen LogP contribution in [0.4, 0.5) is 0 Å². The maximum atomic E-state index is 2.58. The van der Waals surface area contributed by atoms with E-state index in [4.69, 9.17) is 0 Å². The Hall–Kier alpha value is -12.3. The predicted octanol–water partition coefficient (Wildman–Crippen LogP) is 35.8. The molecule has 0 fully saturated rings. The zero-order valence-electron chi connectivity index (χ0n) is 80.2. The van der Waals surface area contributed by atoms with Crippen LogP contribution in [-0.2, 0) is 57.8 Å². The molecule has 9 aliphatic rings. The van der Waals surface area contributed by atoms with E-state index in [9.17, 15) is 0 Å². The maximum absolute atomic E-state index is 2.58. The normalized spacial score (nSPS) is 12.0. The van der Waals surface area contributed by atoms with E-state index >= 15 is 0 Å². The van der Waals surface area contributed by atoms with Crippen molar-refractivity contribution in [3.8, 4) is 83.8 Å². The third kappa shape index (κ3) is 14.8. The SMILES string of the molecule is CC.CC.CC.CC.CC.CC.CC.CC.CC.CC.CC.CC.c1ccc2c(c1)Cc1c-2ccc2c1-c1ccc3c(c1C2)-n1c2ccccc2c2cccc(c21)C3.c1ccc2c(c1)Cc1cc3c(cc1-2)-c1c(ccc2c1-n1c4ccccc4c4cccc(c41)C2)C3.c1ccc2c(c1)Cc1cc3c(cc1-2)Cc1ccc2c(c1-3)-n1c3ccccc3c3cccc(c31)C2. The summed E-state index contributed by atoms with van der Waals surface area (Å²) in [6.45, 7) is 48.0. The number of benzene rings is 15. The van der Waals surface area contributed by atoms with Gasteiger partial charge in [-0.15, -0.1) is 0 Å². The quantitative estimate of drug-likeness (QED) is 0.144. The smallest absolute Gasteiger partial charge is 0.0579 e. The monoisotopic (exact) mass is 1650 g/mol. The first-order valence-electron chi connectivity index (χ1n) is 48.8. The Labute approximate surface area is 754 Å². The van der Waals surface area contributed by atoms with E-state index < -0.39 is 0 Å². The summed E-state index contributed by atoms with van der Waals surface area (Å²) in [5.41, 5.74) is 56.1. The van der Waals surface area contributed by atoms with Gasteiger partial charge in [0.1, 0.15) is 0 Å². The van der Waals surface area contributed by atoms with E-state index in [1.165, 1.54) is 249 Å². The van der Waals surface area contributed by atoms with Crippen LogP contribution in [-0.4, -0.2) is 13.7 Å². The molecular weight excluding hydrogens is 1520 g/mol. The molecule has 3 aliphatic heterocycles. The molecule has 27 rings (SSSR count). The van der Waals surface area contributed by atoms with Crippen LogP contribution in [0.1, 0.15) is 266 Å². The van der Waals surface area contributed by atoms with Crippen LogP contribution in [0.25, 0.3) is 149 Å². The molecule has 0 amide bonds. The van der Waals surface area contributed by atoms with Crippen LogP contribution in [0.5, 0.6) is 0 Å². The second-order valence-corrected chi connectivity index (χ2v) is 30.3. The van der Waals surface area contributed by atoms with Gasteiger partial charge in [0.05, 0.1) is 50.2 Å². The maximum Gasteiger partial charge on any atom is 0.0579 e. The molecule has 6 heterocycles. The minimum Gasteiger partial charge on any atom is -0.308 e. The van der Waals surface area contributed by atoms with Crippen molar-refractivity contribution in [1.29, 1.82) is 0 Å². The minimum atomic E-state index is 0.999. The fourth-order valence-corrected chi connectivity index (χ4v) is 21.1. The summed E-state index contributed by atoms with van der Waals surface area (Å²) in [6.07, 6.45) is 9.24. The molecule has 3 aromatic heterocycles. The first-order chi connectivity index (χ1) is 62.6. The van der Waals surface area contributed by atoms with E-state index in [2.05, 4.69) is 287 Å². The Kier molecular flexibility index (Phi) is 29.6. The fraction of sp³-hybridized carbons (Fsp3) is 0.268. The first-order valence-corrected chi connectivity index (χ1v) is 48.8. The lowest BCUT2D eigenvalue weighted by Gasteiger charge is -2.24. The average Bonchev–Trinajstić information content (AvgIpc) is 1.55. The van der Waals surface area contributed by atoms with Gasteiger partial charge < -0.3 is 13.7 Å². The zero-order chi connectivity index (χ0) is 89.9. The highest BCUT2D eigenvalue weighted by Crippen LogP contribution is 2.56. The molecule has 0 atom stereocenters. The molecule has 642 valence electrons. The molecule has 6 aliphatic carbocycles. The number of aromatic nitrogens is 3. The van der Waals surface area contributed by atoms with E-state index in [0.29, 0.717) is 0 Å². The van der Waals surface area contributed by atoms with Crippen molar-refractivity contribution < 1.29 is 0 Å². The van der Waals surface area contributed by atoms with Gasteiger partial charge in [0, 0.05) is 69.1 Å². The van der Waals surface area contributed by atoms with Crippen LogP contribution in [0, 0.1) is 0 Å². The van der Waals surface area contributed by atoms with Crippen LogP contribution in [0.15, 0.2) is 273 Å². The van der Waals surface area contributed by atoms with Gasteiger partial charge in [0.25, 0.3) is 0 Å². The molecule has 3 heteroatoms. The topological polar surface area (TPSA) is 14.8 Å². The van der Waals surface area contributed by atoms with Gasteiger partial charge in [-0.2, -0.15) is 0 Å². The standard InChI is InChI=1S/3C33H21N.12C2H6/c1-2-8-23-19(6-1)17-28-24(23)14-12-20-18-29-26(31(20)28)15-13-22-16-21-7-5-10-27-25-9-3-4-11-30(25)34(32(21)27)33(22)29;1-2-8-25-19(6-1)14-23-18-29-24(17-28(23)25)15-20-12-13-22-16-21-7-5-10-27-26-9-3-4-11-30(26)34(32(21)27)33(22)31(20)29;1-2-8-25-19(6-1)14-23-17-24-15-20-12-13-22-16-21-7-5-10-27-26-9-3-4-11-30(26)34(32(21)27)33(22)31(20)29(24)18-28(23)25;12*1-2/h1-15H,16-18H2;2*1-13,17-18H,14-16H2;12*1-2H3. The van der Waals surface area contributed by atoms with Crippen molar-refractivity contribution in [2.24, 2.45) is 0 Å². The molecule has 126 heavy (non-hydrogen) atoms. The van der Waals surface area contributed by atoms with Crippen LogP contribution in [0.3, 0.4) is 0 Å². The van der Waals surface area contributed by atoms with Crippen LogP contribution < -0.4 is 0 Å². The number of rotatable bonds is 0. The van der Waals surface area contributed by atoms with Gasteiger partial charge in [0.2, 0.25) is 0 Å². The van der Waals surface area contributed by atoms with Crippen LogP contribution in [0.2, 0.25) is 0 Å². The minimum absolute atomic E-state index is 0.999. The molecule has 3 nitrogen and oxygen atoms in total. The number of hydrogen-bond acceptors (Lipinski definition) is 0. The third-order valence-electron chi connectivity index (χ3n) is 25.3. The summed E-state index contributed by atoms with van der Waals surface area (Å²) >= 11 is 0. The Balaban J connectivity index is 0.000000145. The van der Waals surface area contributed by atoms with Crippen molar-refractivity contribution in [3.63, 3.8) is 0 Å². The molecule has 18 aromatic rings. The Morgan fingerprint density at radius 3 is 0.873 bits per heavy atom. The summed E-state index contributed by atoms with van der Waals surface area (Å²) in [7, 11) is 0. The fourth-order valence-electron chi connectivity index (χ4n) is 21.1. The van der Waals surface area contributed by atoms with Gasteiger partial charge in [-0.3, -0.25) is 0 Å².